The Bertz CT molecular complexity index is 1250. The molecule has 180 valence electrons. The van der Waals surface area contributed by atoms with E-state index in [9.17, 15) is 28.2 Å². The summed E-state index contributed by atoms with van der Waals surface area (Å²) >= 11 is 0. The SMILES string of the molecule is CC12C[C@@H](NC(=O)NCC3CC3)C(C)(O1)c1c2c(O)n(-c2ccc(C#N)c(C(F)(F)F)c2)c1O. The molecule has 2 fully saturated rings. The maximum atomic E-state index is 13.5. The fourth-order valence-electron chi connectivity index (χ4n) is 5.27. The van der Waals surface area contributed by atoms with Crippen LogP contribution in [-0.2, 0) is 22.1 Å². The van der Waals surface area contributed by atoms with Crippen LogP contribution < -0.4 is 10.6 Å². The molecule has 4 N–H and O–H groups in total. The number of hydrogen-bond acceptors (Lipinski definition) is 5. The van der Waals surface area contributed by atoms with Gasteiger partial charge in [-0.2, -0.15) is 18.4 Å². The number of aromatic nitrogens is 1. The Balaban J connectivity index is 1.54. The van der Waals surface area contributed by atoms with Gasteiger partial charge in [-0.1, -0.05) is 0 Å². The van der Waals surface area contributed by atoms with E-state index in [1.807, 2.05) is 0 Å². The average molecular weight is 476 g/mol. The number of rotatable bonds is 4. The van der Waals surface area contributed by atoms with Crippen molar-refractivity contribution in [3.8, 4) is 23.5 Å². The van der Waals surface area contributed by atoms with Crippen molar-refractivity contribution in [2.45, 2.75) is 56.5 Å². The number of urea groups is 1. The van der Waals surface area contributed by atoms with E-state index in [0.717, 1.165) is 23.5 Å². The molecule has 1 aromatic carbocycles. The first-order valence-corrected chi connectivity index (χ1v) is 10.9. The van der Waals surface area contributed by atoms with Crippen LogP contribution in [0, 0.1) is 17.2 Å². The Kier molecular flexibility index (Phi) is 4.65. The van der Waals surface area contributed by atoms with E-state index >= 15 is 0 Å². The zero-order valence-corrected chi connectivity index (χ0v) is 18.5. The highest BCUT2D eigenvalue weighted by Crippen LogP contribution is 2.64. The third-order valence-corrected chi connectivity index (χ3v) is 7.08. The third-order valence-electron chi connectivity index (χ3n) is 7.08. The molecule has 1 saturated heterocycles. The average Bonchev–Trinajstić information content (AvgIpc) is 3.43. The normalized spacial score (nSPS) is 27.4. The molecule has 1 aromatic heterocycles. The Hall–Kier alpha value is -3.39. The van der Waals surface area contributed by atoms with E-state index in [2.05, 4.69) is 10.6 Å². The van der Waals surface area contributed by atoms with Crippen molar-refractivity contribution in [2.24, 2.45) is 5.92 Å². The van der Waals surface area contributed by atoms with Crippen molar-refractivity contribution in [1.29, 1.82) is 5.26 Å². The minimum absolute atomic E-state index is 0.158. The predicted octanol–water partition coefficient (Wildman–Crippen LogP) is 3.72. The van der Waals surface area contributed by atoms with E-state index in [1.54, 1.807) is 13.8 Å². The molecular weight excluding hydrogens is 453 g/mol. The van der Waals surface area contributed by atoms with Gasteiger partial charge in [-0.15, -0.1) is 0 Å². The lowest BCUT2D eigenvalue weighted by Crippen LogP contribution is -2.50. The molecule has 3 aliphatic rings. The Morgan fingerprint density at radius 1 is 1.26 bits per heavy atom. The quantitative estimate of drug-likeness (QED) is 0.536. The van der Waals surface area contributed by atoms with Gasteiger partial charge < -0.3 is 25.6 Å². The molecule has 0 radical (unpaired) electrons. The van der Waals surface area contributed by atoms with Crippen molar-refractivity contribution >= 4 is 6.03 Å². The molecule has 2 amide bonds. The standard InChI is InChI=1S/C23H23F3N4O4/c1-21-8-15(29-20(33)28-10-11-3-4-11)22(2,34-21)17-16(21)18(31)30(19(17)32)13-6-5-12(9-27)14(7-13)23(24,25)26/h5-7,11,15,31-32H,3-4,8,10H2,1-2H3,(H2,28,29,33)/t15-,21?,22?/m1/s1. The molecule has 8 nitrogen and oxygen atoms in total. The lowest BCUT2D eigenvalue weighted by Gasteiger charge is -2.30. The highest BCUT2D eigenvalue weighted by Gasteiger charge is 2.65. The van der Waals surface area contributed by atoms with Gasteiger partial charge in [0.25, 0.3) is 0 Å². The topological polar surface area (TPSA) is 120 Å². The molecule has 0 spiro atoms. The molecule has 2 bridgehead atoms. The first kappa shape index (κ1) is 22.4. The molecular formula is C23H23F3N4O4. The van der Waals surface area contributed by atoms with E-state index in [-0.39, 0.29) is 22.8 Å². The highest BCUT2D eigenvalue weighted by molar-refractivity contribution is 5.75. The molecule has 11 heteroatoms. The first-order chi connectivity index (χ1) is 15.9. The van der Waals surface area contributed by atoms with Crippen LogP contribution in [0.4, 0.5) is 18.0 Å². The molecule has 1 saturated carbocycles. The van der Waals surface area contributed by atoms with Gasteiger partial charge in [0.15, 0.2) is 0 Å². The molecule has 3 atom stereocenters. The monoisotopic (exact) mass is 476 g/mol. The Labute approximate surface area is 192 Å². The van der Waals surface area contributed by atoms with E-state index in [4.69, 9.17) is 10.00 Å². The molecule has 3 heterocycles. The first-order valence-electron chi connectivity index (χ1n) is 10.9. The van der Waals surface area contributed by atoms with Gasteiger partial charge in [-0.25, -0.2) is 4.79 Å². The third kappa shape index (κ3) is 3.20. The lowest BCUT2D eigenvalue weighted by atomic mass is 9.76. The second-order valence-corrected chi connectivity index (χ2v) is 9.57. The second-order valence-electron chi connectivity index (χ2n) is 9.57. The van der Waals surface area contributed by atoms with Crippen molar-refractivity contribution in [3.05, 3.63) is 40.5 Å². The molecule has 1 aliphatic carbocycles. The number of carbonyl (C=O) groups excluding carboxylic acids is 1. The van der Waals surface area contributed by atoms with Gasteiger partial charge in [-0.3, -0.25) is 4.57 Å². The maximum Gasteiger partial charge on any atom is 0.417 e. The maximum absolute atomic E-state index is 13.5. The van der Waals surface area contributed by atoms with Crippen molar-refractivity contribution in [2.75, 3.05) is 6.54 Å². The highest BCUT2D eigenvalue weighted by atomic mass is 19.4. The van der Waals surface area contributed by atoms with Crippen molar-refractivity contribution in [1.82, 2.24) is 15.2 Å². The molecule has 2 aromatic rings. The number of nitrogens with zero attached hydrogens (tertiary/aromatic N) is 2. The summed E-state index contributed by atoms with van der Waals surface area (Å²) in [5, 5.41) is 36.8. The number of carbonyl (C=O) groups is 1. The summed E-state index contributed by atoms with van der Waals surface area (Å²) in [4.78, 5) is 12.4. The smallest absolute Gasteiger partial charge is 0.417 e. The van der Waals surface area contributed by atoms with Crippen molar-refractivity contribution < 1.29 is 32.9 Å². The van der Waals surface area contributed by atoms with Crippen LogP contribution in [0.5, 0.6) is 11.8 Å². The zero-order chi connectivity index (χ0) is 24.6. The van der Waals surface area contributed by atoms with Crippen LogP contribution in [0.2, 0.25) is 0 Å². The van der Waals surface area contributed by atoms with E-state index in [1.165, 1.54) is 12.1 Å². The fraction of sp³-hybridized carbons (Fsp3) is 0.478. The number of benzene rings is 1. The minimum atomic E-state index is -4.80. The predicted molar refractivity (Wildman–Crippen MR) is 112 cm³/mol. The summed E-state index contributed by atoms with van der Waals surface area (Å²) < 4.78 is 47.6. The molecule has 34 heavy (non-hydrogen) atoms. The van der Waals surface area contributed by atoms with E-state index < -0.39 is 46.3 Å². The molecule has 5 rings (SSSR count). The number of ether oxygens (including phenoxy) is 1. The fourth-order valence-corrected chi connectivity index (χ4v) is 5.27. The van der Waals surface area contributed by atoms with Crippen LogP contribution >= 0.6 is 0 Å². The number of fused-ring (bicyclic) bond motifs is 5. The van der Waals surface area contributed by atoms with Crippen LogP contribution in [0.25, 0.3) is 5.69 Å². The summed E-state index contributed by atoms with van der Waals surface area (Å²) in [6, 6.07) is 3.51. The van der Waals surface area contributed by atoms with Gasteiger partial charge in [0.1, 0.15) is 5.60 Å². The van der Waals surface area contributed by atoms with Gasteiger partial charge in [0.2, 0.25) is 11.8 Å². The number of nitrogens with one attached hydrogen (secondary N) is 2. The van der Waals surface area contributed by atoms with Gasteiger partial charge >= 0.3 is 12.2 Å². The Morgan fingerprint density at radius 2 is 1.94 bits per heavy atom. The van der Waals surface area contributed by atoms with Gasteiger partial charge in [-0.05, 0) is 50.8 Å². The Morgan fingerprint density at radius 3 is 2.56 bits per heavy atom. The van der Waals surface area contributed by atoms with Crippen LogP contribution in [0.3, 0.4) is 0 Å². The summed E-state index contributed by atoms with van der Waals surface area (Å²) in [5.41, 5.74) is -3.72. The number of alkyl halides is 3. The second kappa shape index (κ2) is 7.06. The summed E-state index contributed by atoms with van der Waals surface area (Å²) in [6.45, 7) is 3.94. The largest absolute Gasteiger partial charge is 0.494 e. The number of halogens is 3. The minimum Gasteiger partial charge on any atom is -0.494 e. The molecule has 2 unspecified atom stereocenters. The lowest BCUT2D eigenvalue weighted by molar-refractivity contribution is -0.137. The van der Waals surface area contributed by atoms with Crippen LogP contribution in [0.1, 0.15) is 55.4 Å². The summed E-state index contributed by atoms with van der Waals surface area (Å²) in [7, 11) is 0. The number of aromatic hydroxyl groups is 2. The van der Waals surface area contributed by atoms with Gasteiger partial charge in [0, 0.05) is 13.0 Å². The summed E-state index contributed by atoms with van der Waals surface area (Å²) in [5.74, 6) is -0.444. The number of nitriles is 1. The van der Waals surface area contributed by atoms with Gasteiger partial charge in [0.05, 0.1) is 45.7 Å². The zero-order valence-electron chi connectivity index (χ0n) is 18.5. The number of hydrogen-bond donors (Lipinski definition) is 4. The summed E-state index contributed by atoms with van der Waals surface area (Å²) in [6.07, 6.45) is -2.34. The van der Waals surface area contributed by atoms with Crippen molar-refractivity contribution in [3.63, 3.8) is 0 Å². The molecule has 2 aliphatic heterocycles. The number of amides is 2. The van der Waals surface area contributed by atoms with Crippen LogP contribution in [-0.4, -0.2) is 33.4 Å². The van der Waals surface area contributed by atoms with Crippen LogP contribution in [0.15, 0.2) is 18.2 Å². The van der Waals surface area contributed by atoms with E-state index in [0.29, 0.717) is 24.9 Å².